The molecule has 3 amide bonds. The van der Waals surface area contributed by atoms with Crippen molar-refractivity contribution < 1.29 is 9.59 Å². The summed E-state index contributed by atoms with van der Waals surface area (Å²) >= 11 is 0. The number of nitrogens with one attached hydrogen (secondary N) is 1. The van der Waals surface area contributed by atoms with Crippen LogP contribution >= 0.6 is 0 Å². The van der Waals surface area contributed by atoms with Crippen LogP contribution in [-0.2, 0) is 11.3 Å². The smallest absolute Gasteiger partial charge is 0.323 e. The Hall–Kier alpha value is -1.88. The van der Waals surface area contributed by atoms with Crippen molar-refractivity contribution in [3.63, 3.8) is 0 Å². The summed E-state index contributed by atoms with van der Waals surface area (Å²) in [7, 11) is 0. The van der Waals surface area contributed by atoms with Gasteiger partial charge in [0.25, 0.3) is 5.91 Å². The van der Waals surface area contributed by atoms with Crippen LogP contribution in [0.5, 0.6) is 0 Å². The highest BCUT2D eigenvalue weighted by atomic mass is 16.2. The van der Waals surface area contributed by atoms with Crippen molar-refractivity contribution >= 4 is 11.9 Å². The third-order valence-corrected chi connectivity index (χ3v) is 5.75. The first-order chi connectivity index (χ1) is 12.7. The highest BCUT2D eigenvalue weighted by Crippen LogP contribution is 2.46. The van der Waals surface area contributed by atoms with E-state index in [9.17, 15) is 9.59 Å². The van der Waals surface area contributed by atoms with Gasteiger partial charge in [-0.1, -0.05) is 58.0 Å². The van der Waals surface area contributed by atoms with E-state index < -0.39 is 5.54 Å². The summed E-state index contributed by atoms with van der Waals surface area (Å²) in [5.41, 5.74) is 0.534. The number of hydrogen-bond acceptors (Lipinski definition) is 3. The second-order valence-corrected chi connectivity index (χ2v) is 9.28. The van der Waals surface area contributed by atoms with Gasteiger partial charge in [0.05, 0.1) is 6.67 Å². The van der Waals surface area contributed by atoms with Crippen LogP contribution in [0.2, 0.25) is 0 Å². The third kappa shape index (κ3) is 4.34. The van der Waals surface area contributed by atoms with Crippen LogP contribution < -0.4 is 5.32 Å². The number of benzene rings is 1. The SMILES string of the molecule is CCCN(Cc1ccccc1)CN1C(=O)NC2(CC(C)CC(C)(C)C2)C1=O. The number of carbonyl (C=O) groups excluding carboxylic acids is 2. The van der Waals surface area contributed by atoms with Crippen LogP contribution in [0.15, 0.2) is 30.3 Å². The molecule has 1 saturated carbocycles. The molecule has 5 heteroatoms. The predicted molar refractivity (Wildman–Crippen MR) is 107 cm³/mol. The van der Waals surface area contributed by atoms with Crippen molar-refractivity contribution in [2.75, 3.05) is 13.2 Å². The average Bonchev–Trinajstić information content (AvgIpc) is 2.77. The summed E-state index contributed by atoms with van der Waals surface area (Å²) in [6.07, 6.45) is 3.53. The van der Waals surface area contributed by atoms with E-state index in [0.29, 0.717) is 12.6 Å². The molecule has 2 fully saturated rings. The zero-order valence-corrected chi connectivity index (χ0v) is 17.1. The maximum absolute atomic E-state index is 13.3. The minimum absolute atomic E-state index is 0.0405. The Morgan fingerprint density at radius 3 is 2.52 bits per heavy atom. The van der Waals surface area contributed by atoms with Crippen LogP contribution in [0.4, 0.5) is 4.79 Å². The lowest BCUT2D eigenvalue weighted by Gasteiger charge is -2.44. The topological polar surface area (TPSA) is 52.6 Å². The second-order valence-electron chi connectivity index (χ2n) is 9.28. The standard InChI is InChI=1S/C22H33N3O2/c1-5-11-24(14-18-9-7-6-8-10-18)16-25-19(26)22(23-20(25)27)13-17(2)12-21(3,4)15-22/h6-10,17H,5,11-16H2,1-4H3,(H,23,27). The molecule has 2 aliphatic rings. The first-order valence-electron chi connectivity index (χ1n) is 10.1. The van der Waals surface area contributed by atoms with E-state index in [1.807, 2.05) is 18.2 Å². The van der Waals surface area contributed by atoms with Crippen LogP contribution in [0.1, 0.15) is 58.9 Å². The van der Waals surface area contributed by atoms with E-state index >= 15 is 0 Å². The molecule has 148 valence electrons. The van der Waals surface area contributed by atoms with E-state index in [1.165, 1.54) is 10.5 Å². The Labute approximate surface area is 163 Å². The molecule has 0 aromatic heterocycles. The Morgan fingerprint density at radius 1 is 1.19 bits per heavy atom. The van der Waals surface area contributed by atoms with Crippen LogP contribution in [0.25, 0.3) is 0 Å². The van der Waals surface area contributed by atoms with Crippen LogP contribution in [0, 0.1) is 11.3 Å². The van der Waals surface area contributed by atoms with E-state index in [2.05, 4.69) is 50.0 Å². The molecular weight excluding hydrogens is 338 g/mol. The van der Waals surface area contributed by atoms with Gasteiger partial charge in [-0.05, 0) is 49.1 Å². The summed E-state index contributed by atoms with van der Waals surface area (Å²) in [4.78, 5) is 29.7. The van der Waals surface area contributed by atoms with Gasteiger partial charge in [0.1, 0.15) is 5.54 Å². The van der Waals surface area contributed by atoms with E-state index in [-0.39, 0.29) is 17.4 Å². The van der Waals surface area contributed by atoms with Gasteiger partial charge in [0.15, 0.2) is 0 Å². The zero-order chi connectivity index (χ0) is 19.7. The van der Waals surface area contributed by atoms with Crippen molar-refractivity contribution in [2.24, 2.45) is 11.3 Å². The van der Waals surface area contributed by atoms with Gasteiger partial charge in [-0.2, -0.15) is 0 Å². The molecule has 1 aromatic rings. The van der Waals surface area contributed by atoms with Crippen molar-refractivity contribution in [1.82, 2.24) is 15.1 Å². The van der Waals surface area contributed by atoms with E-state index in [4.69, 9.17) is 0 Å². The lowest BCUT2D eigenvalue weighted by Crippen LogP contribution is -2.54. The summed E-state index contributed by atoms with van der Waals surface area (Å²) in [5.74, 6) is 0.385. The second kappa shape index (κ2) is 7.63. The number of imide groups is 1. The number of hydrogen-bond donors (Lipinski definition) is 1. The number of amides is 3. The molecule has 1 aliphatic heterocycles. The summed E-state index contributed by atoms with van der Waals surface area (Å²) in [6.45, 7) is 10.6. The molecule has 3 rings (SSSR count). The average molecular weight is 372 g/mol. The normalized spacial score (nSPS) is 27.4. The van der Waals surface area contributed by atoms with Gasteiger partial charge in [-0.3, -0.25) is 9.69 Å². The molecule has 1 saturated heterocycles. The van der Waals surface area contributed by atoms with E-state index in [0.717, 1.165) is 38.8 Å². The molecule has 0 radical (unpaired) electrons. The Bertz CT molecular complexity index is 688. The number of carbonyl (C=O) groups is 2. The molecule has 2 unspecified atom stereocenters. The number of urea groups is 1. The Kier molecular flexibility index (Phi) is 5.61. The molecule has 27 heavy (non-hydrogen) atoms. The fraction of sp³-hybridized carbons (Fsp3) is 0.636. The maximum Gasteiger partial charge on any atom is 0.326 e. The van der Waals surface area contributed by atoms with Gasteiger partial charge in [-0.25, -0.2) is 9.69 Å². The molecule has 2 atom stereocenters. The minimum atomic E-state index is -0.719. The van der Waals surface area contributed by atoms with Crippen molar-refractivity contribution in [2.45, 2.75) is 65.5 Å². The Morgan fingerprint density at radius 2 is 1.89 bits per heavy atom. The molecule has 1 heterocycles. The quantitative estimate of drug-likeness (QED) is 0.769. The van der Waals surface area contributed by atoms with Crippen molar-refractivity contribution in [3.8, 4) is 0 Å². The highest BCUT2D eigenvalue weighted by molar-refractivity contribution is 6.07. The lowest BCUT2D eigenvalue weighted by molar-refractivity contribution is -0.136. The third-order valence-electron chi connectivity index (χ3n) is 5.75. The Balaban J connectivity index is 1.75. The highest BCUT2D eigenvalue weighted by Gasteiger charge is 2.56. The van der Waals surface area contributed by atoms with Crippen LogP contribution in [-0.4, -0.2) is 40.5 Å². The molecule has 0 bridgehead atoms. The predicted octanol–water partition coefficient (Wildman–Crippen LogP) is 3.99. The fourth-order valence-electron chi connectivity index (χ4n) is 5.19. The first kappa shape index (κ1) is 19.9. The van der Waals surface area contributed by atoms with Crippen molar-refractivity contribution in [3.05, 3.63) is 35.9 Å². The van der Waals surface area contributed by atoms with Gasteiger partial charge < -0.3 is 5.32 Å². The molecule has 1 spiro atoms. The van der Waals surface area contributed by atoms with Gasteiger partial charge in [0, 0.05) is 6.54 Å². The molecule has 5 nitrogen and oxygen atoms in total. The first-order valence-corrected chi connectivity index (χ1v) is 10.1. The van der Waals surface area contributed by atoms with Crippen molar-refractivity contribution in [1.29, 1.82) is 0 Å². The number of rotatable bonds is 6. The molecule has 1 N–H and O–H groups in total. The van der Waals surface area contributed by atoms with Gasteiger partial charge in [-0.15, -0.1) is 0 Å². The largest absolute Gasteiger partial charge is 0.326 e. The summed E-state index contributed by atoms with van der Waals surface area (Å²) < 4.78 is 0. The minimum Gasteiger partial charge on any atom is -0.323 e. The fourth-order valence-corrected chi connectivity index (χ4v) is 5.19. The monoisotopic (exact) mass is 371 g/mol. The number of nitrogens with zero attached hydrogens (tertiary/aromatic N) is 2. The van der Waals surface area contributed by atoms with Gasteiger partial charge >= 0.3 is 6.03 Å². The van der Waals surface area contributed by atoms with Gasteiger partial charge in [0.2, 0.25) is 0 Å². The summed E-state index contributed by atoms with van der Waals surface area (Å²) in [5, 5.41) is 3.08. The summed E-state index contributed by atoms with van der Waals surface area (Å²) in [6, 6.07) is 9.98. The zero-order valence-electron chi connectivity index (χ0n) is 17.1. The molecular formula is C22H33N3O2. The lowest BCUT2D eigenvalue weighted by atomic mass is 9.64. The van der Waals surface area contributed by atoms with Crippen LogP contribution in [0.3, 0.4) is 0 Å². The molecule has 1 aliphatic carbocycles. The maximum atomic E-state index is 13.3. The molecule has 1 aromatic carbocycles. The van der Waals surface area contributed by atoms with E-state index in [1.54, 1.807) is 0 Å².